The summed E-state index contributed by atoms with van der Waals surface area (Å²) in [5, 5.41) is 3.10. The maximum atomic E-state index is 5.68. The SMILES string of the molecule is COCCCCCNC(N)=NCC(C)C.I. The molecular formula is C11H26IN3O. The Balaban J connectivity index is 0. The normalized spacial score (nSPS) is 11.4. The Morgan fingerprint density at radius 3 is 2.56 bits per heavy atom. The molecule has 0 unspecified atom stereocenters. The van der Waals surface area contributed by atoms with Gasteiger partial charge in [-0.15, -0.1) is 24.0 Å². The van der Waals surface area contributed by atoms with Crippen molar-refractivity contribution in [2.24, 2.45) is 16.6 Å². The molecule has 3 N–H and O–H groups in total. The van der Waals surface area contributed by atoms with Gasteiger partial charge in [0.1, 0.15) is 0 Å². The van der Waals surface area contributed by atoms with E-state index >= 15 is 0 Å². The van der Waals surface area contributed by atoms with Crippen LogP contribution in [0.15, 0.2) is 4.99 Å². The number of nitrogens with two attached hydrogens (primary N) is 1. The van der Waals surface area contributed by atoms with E-state index in [1.54, 1.807) is 7.11 Å². The first kappa shape index (κ1) is 18.3. The third-order valence-electron chi connectivity index (χ3n) is 1.96. The highest BCUT2D eigenvalue weighted by Crippen LogP contribution is 1.94. The Morgan fingerprint density at radius 1 is 1.31 bits per heavy atom. The van der Waals surface area contributed by atoms with Gasteiger partial charge in [-0.1, -0.05) is 13.8 Å². The Kier molecular flexibility index (Phi) is 14.9. The van der Waals surface area contributed by atoms with Gasteiger partial charge in [0.25, 0.3) is 0 Å². The van der Waals surface area contributed by atoms with Gasteiger partial charge < -0.3 is 15.8 Å². The molecule has 0 aromatic carbocycles. The minimum atomic E-state index is 0. The fourth-order valence-electron chi connectivity index (χ4n) is 1.10. The monoisotopic (exact) mass is 343 g/mol. The van der Waals surface area contributed by atoms with Crippen molar-refractivity contribution in [3.05, 3.63) is 0 Å². The van der Waals surface area contributed by atoms with Crippen molar-refractivity contribution >= 4 is 29.9 Å². The molecule has 0 heterocycles. The number of methoxy groups -OCH3 is 1. The topological polar surface area (TPSA) is 59.6 Å². The molecule has 16 heavy (non-hydrogen) atoms. The van der Waals surface area contributed by atoms with E-state index in [2.05, 4.69) is 24.2 Å². The van der Waals surface area contributed by atoms with Crippen molar-refractivity contribution in [1.29, 1.82) is 0 Å². The first-order valence-corrected chi connectivity index (χ1v) is 5.69. The summed E-state index contributed by atoms with van der Waals surface area (Å²) in [6, 6.07) is 0. The third-order valence-corrected chi connectivity index (χ3v) is 1.96. The molecule has 0 aromatic heterocycles. The van der Waals surface area contributed by atoms with Crippen LogP contribution in [0.4, 0.5) is 0 Å². The van der Waals surface area contributed by atoms with E-state index < -0.39 is 0 Å². The second kappa shape index (κ2) is 13.0. The number of ether oxygens (including phenoxy) is 1. The molecule has 0 aliphatic rings. The third kappa shape index (κ3) is 14.0. The van der Waals surface area contributed by atoms with Crippen molar-refractivity contribution in [2.45, 2.75) is 33.1 Å². The zero-order valence-corrected chi connectivity index (χ0v) is 13.0. The second-order valence-corrected chi connectivity index (χ2v) is 4.10. The Morgan fingerprint density at radius 2 is 2.00 bits per heavy atom. The quantitative estimate of drug-likeness (QED) is 0.307. The average Bonchev–Trinajstić information content (AvgIpc) is 2.20. The van der Waals surface area contributed by atoms with Crippen molar-refractivity contribution in [3.8, 4) is 0 Å². The number of guanidine groups is 1. The first-order valence-electron chi connectivity index (χ1n) is 5.69. The van der Waals surface area contributed by atoms with Crippen LogP contribution >= 0.6 is 24.0 Å². The van der Waals surface area contributed by atoms with E-state index in [0.717, 1.165) is 39.0 Å². The van der Waals surface area contributed by atoms with Crippen LogP contribution in [0.25, 0.3) is 0 Å². The fourth-order valence-corrected chi connectivity index (χ4v) is 1.10. The molecule has 0 atom stereocenters. The van der Waals surface area contributed by atoms with Gasteiger partial charge in [-0.25, -0.2) is 0 Å². The molecule has 0 aliphatic carbocycles. The predicted octanol–water partition coefficient (Wildman–Crippen LogP) is 1.98. The molecule has 4 nitrogen and oxygen atoms in total. The Bertz CT molecular complexity index is 175. The summed E-state index contributed by atoms with van der Waals surface area (Å²) in [6.07, 6.45) is 3.39. The number of hydrogen-bond donors (Lipinski definition) is 2. The molecule has 0 saturated carbocycles. The van der Waals surface area contributed by atoms with Crippen LogP contribution in [-0.4, -0.2) is 32.8 Å². The lowest BCUT2D eigenvalue weighted by Gasteiger charge is -2.06. The predicted molar refractivity (Wildman–Crippen MR) is 80.5 cm³/mol. The lowest BCUT2D eigenvalue weighted by molar-refractivity contribution is 0.192. The molecule has 0 radical (unpaired) electrons. The van der Waals surface area contributed by atoms with Crippen LogP contribution in [0.1, 0.15) is 33.1 Å². The summed E-state index contributed by atoms with van der Waals surface area (Å²) in [4.78, 5) is 4.22. The Labute approximate surface area is 116 Å². The number of nitrogens with zero attached hydrogens (tertiary/aromatic N) is 1. The molecule has 0 amide bonds. The standard InChI is InChI=1S/C11H25N3O.HI/c1-10(2)9-14-11(12)13-7-5-4-6-8-15-3;/h10H,4-9H2,1-3H3,(H3,12,13,14);1H. The highest BCUT2D eigenvalue weighted by Gasteiger charge is 1.94. The van der Waals surface area contributed by atoms with Gasteiger partial charge in [0, 0.05) is 26.8 Å². The van der Waals surface area contributed by atoms with Gasteiger partial charge in [-0.05, 0) is 25.2 Å². The fraction of sp³-hybridized carbons (Fsp3) is 0.909. The number of unbranched alkanes of at least 4 members (excludes halogenated alkanes) is 2. The van der Waals surface area contributed by atoms with Gasteiger partial charge in [-0.2, -0.15) is 0 Å². The molecule has 0 aromatic rings. The molecule has 0 aliphatic heterocycles. The van der Waals surface area contributed by atoms with E-state index in [0.29, 0.717) is 11.9 Å². The highest BCUT2D eigenvalue weighted by molar-refractivity contribution is 14.0. The van der Waals surface area contributed by atoms with Crippen LogP contribution in [0.5, 0.6) is 0 Å². The van der Waals surface area contributed by atoms with Crippen molar-refractivity contribution in [2.75, 3.05) is 26.8 Å². The van der Waals surface area contributed by atoms with E-state index in [1.807, 2.05) is 0 Å². The molecule has 0 rings (SSSR count). The number of nitrogens with one attached hydrogen (secondary N) is 1. The first-order chi connectivity index (χ1) is 7.16. The summed E-state index contributed by atoms with van der Waals surface area (Å²) in [6.45, 7) is 6.79. The minimum Gasteiger partial charge on any atom is -0.385 e. The van der Waals surface area contributed by atoms with Gasteiger partial charge >= 0.3 is 0 Å². The van der Waals surface area contributed by atoms with Gasteiger partial charge in [0.15, 0.2) is 5.96 Å². The highest BCUT2D eigenvalue weighted by atomic mass is 127. The number of aliphatic imine (C=N–C) groups is 1. The van der Waals surface area contributed by atoms with E-state index in [-0.39, 0.29) is 24.0 Å². The van der Waals surface area contributed by atoms with Gasteiger partial charge in [0.2, 0.25) is 0 Å². The molecule has 98 valence electrons. The van der Waals surface area contributed by atoms with Crippen molar-refractivity contribution < 1.29 is 4.74 Å². The van der Waals surface area contributed by atoms with E-state index in [1.165, 1.54) is 0 Å². The van der Waals surface area contributed by atoms with Crippen LogP contribution in [0.2, 0.25) is 0 Å². The summed E-state index contributed by atoms with van der Waals surface area (Å²) in [5.41, 5.74) is 5.68. The van der Waals surface area contributed by atoms with Crippen LogP contribution in [0, 0.1) is 5.92 Å². The van der Waals surface area contributed by atoms with Crippen molar-refractivity contribution in [1.82, 2.24) is 5.32 Å². The maximum absolute atomic E-state index is 5.68. The maximum Gasteiger partial charge on any atom is 0.188 e. The molecule has 0 fully saturated rings. The summed E-state index contributed by atoms with van der Waals surface area (Å²) in [7, 11) is 1.73. The number of rotatable bonds is 8. The van der Waals surface area contributed by atoms with Crippen LogP contribution in [-0.2, 0) is 4.74 Å². The zero-order valence-electron chi connectivity index (χ0n) is 10.7. The molecule has 0 bridgehead atoms. The second-order valence-electron chi connectivity index (χ2n) is 4.10. The molecule has 0 spiro atoms. The minimum absolute atomic E-state index is 0. The lowest BCUT2D eigenvalue weighted by atomic mass is 10.2. The largest absolute Gasteiger partial charge is 0.385 e. The molecular weight excluding hydrogens is 317 g/mol. The van der Waals surface area contributed by atoms with Crippen LogP contribution < -0.4 is 11.1 Å². The smallest absolute Gasteiger partial charge is 0.188 e. The lowest BCUT2D eigenvalue weighted by Crippen LogP contribution is -2.32. The van der Waals surface area contributed by atoms with Crippen molar-refractivity contribution in [3.63, 3.8) is 0 Å². The van der Waals surface area contributed by atoms with Crippen LogP contribution in [0.3, 0.4) is 0 Å². The summed E-state index contributed by atoms with van der Waals surface area (Å²) >= 11 is 0. The van der Waals surface area contributed by atoms with E-state index in [4.69, 9.17) is 10.5 Å². The summed E-state index contributed by atoms with van der Waals surface area (Å²) in [5.74, 6) is 1.13. The molecule has 5 heteroatoms. The average molecular weight is 343 g/mol. The van der Waals surface area contributed by atoms with Gasteiger partial charge in [-0.3, -0.25) is 4.99 Å². The summed E-state index contributed by atoms with van der Waals surface area (Å²) < 4.78 is 4.97. The number of hydrogen-bond acceptors (Lipinski definition) is 2. The van der Waals surface area contributed by atoms with Gasteiger partial charge in [0.05, 0.1) is 0 Å². The Hall–Kier alpha value is -0.0400. The number of halogens is 1. The zero-order chi connectivity index (χ0) is 11.5. The molecule has 0 saturated heterocycles. The van der Waals surface area contributed by atoms with E-state index in [9.17, 15) is 0 Å².